The van der Waals surface area contributed by atoms with Crippen LogP contribution < -0.4 is 9.47 Å². The number of Topliss-reactive ketones (excluding diaryl/α,β-unsaturated/α-hetero) is 1. The maximum atomic E-state index is 12.0. The van der Waals surface area contributed by atoms with E-state index in [0.29, 0.717) is 36.5 Å². The van der Waals surface area contributed by atoms with Gasteiger partial charge in [-0.25, -0.2) is 0 Å². The molecule has 0 aliphatic carbocycles. The van der Waals surface area contributed by atoms with Crippen LogP contribution in [0.25, 0.3) is 11.1 Å². The highest BCUT2D eigenvalue weighted by Crippen LogP contribution is 2.28. The molecule has 7 nitrogen and oxygen atoms in total. The zero-order valence-corrected chi connectivity index (χ0v) is 23.1. The standard InChI is InChI=1S/C33H38O7/c1-24(34)27-21-28(25-11-6-4-7-12-25)23-29(22-27)39-19-8-3-2-5-13-26-14-9-15-31(30(26)17-18-33(37)38)40-20-10-16-32(35)36/h4,6-7,9,11-12,14-15,21-23H,2-3,5,8,10,13,16-20H2,1H3,(H,35,36)(H,37,38). The van der Waals surface area contributed by atoms with E-state index >= 15 is 0 Å². The van der Waals surface area contributed by atoms with Crippen LogP contribution in [0.1, 0.15) is 73.4 Å². The van der Waals surface area contributed by atoms with Gasteiger partial charge >= 0.3 is 11.9 Å². The number of aliphatic carboxylic acids is 2. The van der Waals surface area contributed by atoms with Crippen LogP contribution in [0.15, 0.2) is 66.7 Å². The lowest BCUT2D eigenvalue weighted by molar-refractivity contribution is -0.138. The molecule has 0 saturated heterocycles. The topological polar surface area (TPSA) is 110 Å². The molecule has 0 spiro atoms. The van der Waals surface area contributed by atoms with Gasteiger partial charge < -0.3 is 19.7 Å². The van der Waals surface area contributed by atoms with Crippen LogP contribution in [0.4, 0.5) is 0 Å². The van der Waals surface area contributed by atoms with Crippen molar-refractivity contribution in [1.29, 1.82) is 0 Å². The second-order valence-electron chi connectivity index (χ2n) is 9.81. The van der Waals surface area contributed by atoms with Crippen LogP contribution in [0, 0.1) is 0 Å². The minimum absolute atomic E-state index is 0.0000790. The first-order valence-corrected chi connectivity index (χ1v) is 13.8. The van der Waals surface area contributed by atoms with E-state index in [-0.39, 0.29) is 25.2 Å². The fourth-order valence-electron chi connectivity index (χ4n) is 4.55. The number of ketones is 1. The largest absolute Gasteiger partial charge is 0.494 e. The molecular formula is C33H38O7. The molecule has 3 rings (SSSR count). The summed E-state index contributed by atoms with van der Waals surface area (Å²) in [6.07, 6.45) is 5.42. The minimum atomic E-state index is -0.865. The minimum Gasteiger partial charge on any atom is -0.494 e. The molecule has 0 heterocycles. The average Bonchev–Trinajstić information content (AvgIpc) is 2.94. The second-order valence-corrected chi connectivity index (χ2v) is 9.81. The third-order valence-electron chi connectivity index (χ3n) is 6.64. The SMILES string of the molecule is CC(=O)c1cc(OCCCCCCc2cccc(OCCCC(=O)O)c2CCC(=O)O)cc(-c2ccccc2)c1. The number of benzene rings is 3. The van der Waals surface area contributed by atoms with Crippen molar-refractivity contribution < 1.29 is 34.1 Å². The van der Waals surface area contributed by atoms with Gasteiger partial charge in [0.25, 0.3) is 0 Å². The quantitative estimate of drug-likeness (QED) is 0.131. The first-order chi connectivity index (χ1) is 19.3. The van der Waals surface area contributed by atoms with Crippen LogP contribution in [-0.2, 0) is 22.4 Å². The van der Waals surface area contributed by atoms with Crippen LogP contribution in [0.5, 0.6) is 11.5 Å². The lowest BCUT2D eigenvalue weighted by atomic mass is 9.97. The summed E-state index contributed by atoms with van der Waals surface area (Å²) in [7, 11) is 0. The summed E-state index contributed by atoms with van der Waals surface area (Å²) < 4.78 is 11.8. The number of carbonyl (C=O) groups excluding carboxylic acids is 1. The Hall–Kier alpha value is -4.13. The van der Waals surface area contributed by atoms with Crippen molar-refractivity contribution in [2.24, 2.45) is 0 Å². The number of hydrogen-bond donors (Lipinski definition) is 2. The predicted octanol–water partition coefficient (Wildman–Crippen LogP) is 7.00. The molecule has 0 saturated carbocycles. The highest BCUT2D eigenvalue weighted by Gasteiger charge is 2.12. The van der Waals surface area contributed by atoms with Crippen LogP contribution >= 0.6 is 0 Å². The zero-order chi connectivity index (χ0) is 28.7. The molecule has 0 unspecified atom stereocenters. The first kappa shape index (κ1) is 30.4. The molecule has 0 atom stereocenters. The monoisotopic (exact) mass is 546 g/mol. The van der Waals surface area contributed by atoms with E-state index in [4.69, 9.17) is 14.6 Å². The highest BCUT2D eigenvalue weighted by molar-refractivity contribution is 5.96. The Balaban J connectivity index is 1.49. The van der Waals surface area contributed by atoms with E-state index in [0.717, 1.165) is 54.4 Å². The molecule has 0 aliphatic heterocycles. The Morgan fingerprint density at radius 2 is 1.40 bits per heavy atom. The number of hydrogen-bond acceptors (Lipinski definition) is 5. The molecule has 212 valence electrons. The number of unbranched alkanes of at least 4 members (excludes halogenated alkanes) is 3. The third-order valence-corrected chi connectivity index (χ3v) is 6.64. The lowest BCUT2D eigenvalue weighted by Gasteiger charge is -2.15. The van der Waals surface area contributed by atoms with Gasteiger partial charge in [-0.2, -0.15) is 0 Å². The highest BCUT2D eigenvalue weighted by atomic mass is 16.5. The van der Waals surface area contributed by atoms with E-state index in [1.165, 1.54) is 0 Å². The van der Waals surface area contributed by atoms with Crippen LogP contribution in [0.3, 0.4) is 0 Å². The number of carboxylic acid groups (broad SMARTS) is 2. The van der Waals surface area contributed by atoms with Gasteiger partial charge in [-0.3, -0.25) is 14.4 Å². The van der Waals surface area contributed by atoms with E-state index < -0.39 is 11.9 Å². The molecule has 0 bridgehead atoms. The summed E-state index contributed by atoms with van der Waals surface area (Å²) >= 11 is 0. The van der Waals surface area contributed by atoms with E-state index in [2.05, 4.69) is 0 Å². The van der Waals surface area contributed by atoms with Crippen molar-refractivity contribution in [3.63, 3.8) is 0 Å². The fraction of sp³-hybridized carbons (Fsp3) is 0.364. The Labute approximate surface area is 235 Å². The molecule has 0 radical (unpaired) electrons. The van der Waals surface area contributed by atoms with Gasteiger partial charge in [0.05, 0.1) is 13.2 Å². The van der Waals surface area contributed by atoms with Crippen molar-refractivity contribution in [3.8, 4) is 22.6 Å². The van der Waals surface area contributed by atoms with Crippen LogP contribution in [0.2, 0.25) is 0 Å². The summed E-state index contributed by atoms with van der Waals surface area (Å²) in [5.41, 5.74) is 4.58. The molecule has 0 fully saturated rings. The molecule has 3 aromatic carbocycles. The van der Waals surface area contributed by atoms with Gasteiger partial charge in [0, 0.05) is 18.4 Å². The Bertz CT molecular complexity index is 1270. The van der Waals surface area contributed by atoms with Crippen molar-refractivity contribution in [2.75, 3.05) is 13.2 Å². The molecule has 0 aliphatic rings. The first-order valence-electron chi connectivity index (χ1n) is 13.8. The molecule has 40 heavy (non-hydrogen) atoms. The van der Waals surface area contributed by atoms with Gasteiger partial charge in [0.2, 0.25) is 0 Å². The zero-order valence-electron chi connectivity index (χ0n) is 23.1. The smallest absolute Gasteiger partial charge is 0.303 e. The maximum absolute atomic E-state index is 12.0. The maximum Gasteiger partial charge on any atom is 0.303 e. The number of rotatable bonds is 18. The molecular weight excluding hydrogens is 508 g/mol. The molecule has 0 amide bonds. The average molecular weight is 547 g/mol. The summed E-state index contributed by atoms with van der Waals surface area (Å²) in [5.74, 6) is -0.401. The Morgan fingerprint density at radius 3 is 2.12 bits per heavy atom. The molecule has 7 heteroatoms. The van der Waals surface area contributed by atoms with Crippen LogP contribution in [-0.4, -0.2) is 41.1 Å². The van der Waals surface area contributed by atoms with Gasteiger partial charge in [0.1, 0.15) is 11.5 Å². The van der Waals surface area contributed by atoms with Crippen molar-refractivity contribution >= 4 is 17.7 Å². The summed E-state index contributed by atoms with van der Waals surface area (Å²) in [6.45, 7) is 2.39. The number of carboxylic acids is 2. The third kappa shape index (κ3) is 10.2. The van der Waals surface area contributed by atoms with Gasteiger partial charge in [-0.1, -0.05) is 55.3 Å². The fourth-order valence-corrected chi connectivity index (χ4v) is 4.55. The summed E-state index contributed by atoms with van der Waals surface area (Å²) in [5, 5.41) is 18.0. The number of ether oxygens (including phenoxy) is 2. The van der Waals surface area contributed by atoms with Gasteiger partial charge in [0.15, 0.2) is 5.78 Å². The second kappa shape index (κ2) is 16.1. The number of carbonyl (C=O) groups is 3. The van der Waals surface area contributed by atoms with E-state index in [1.54, 1.807) is 13.0 Å². The van der Waals surface area contributed by atoms with Crippen molar-refractivity contribution in [1.82, 2.24) is 0 Å². The Morgan fingerprint density at radius 1 is 0.675 bits per heavy atom. The van der Waals surface area contributed by atoms with E-state index in [1.807, 2.05) is 60.7 Å². The van der Waals surface area contributed by atoms with Crippen molar-refractivity contribution in [2.45, 2.75) is 64.7 Å². The summed E-state index contributed by atoms with van der Waals surface area (Å²) in [6, 6.07) is 21.3. The van der Waals surface area contributed by atoms with Gasteiger partial charge in [-0.05, 0) is 85.5 Å². The van der Waals surface area contributed by atoms with E-state index in [9.17, 15) is 19.5 Å². The normalized spacial score (nSPS) is 10.7. The Kier molecular flexibility index (Phi) is 12.2. The lowest BCUT2D eigenvalue weighted by Crippen LogP contribution is -2.07. The molecule has 3 aromatic rings. The number of aryl methyl sites for hydroxylation is 1. The van der Waals surface area contributed by atoms with Crippen molar-refractivity contribution in [3.05, 3.63) is 83.4 Å². The van der Waals surface area contributed by atoms with Gasteiger partial charge in [-0.15, -0.1) is 0 Å². The summed E-state index contributed by atoms with van der Waals surface area (Å²) in [4.78, 5) is 34.0. The molecule has 0 aromatic heterocycles. The molecule has 2 N–H and O–H groups in total. The predicted molar refractivity (Wildman–Crippen MR) is 154 cm³/mol.